The molecule has 0 aromatic carbocycles. The SMILES string of the molecule is S=CNCc1cccnc1.[HH]. The smallest absolute Gasteiger partial charge is 0.0617 e. The van der Waals surface area contributed by atoms with E-state index in [4.69, 9.17) is 0 Å². The summed E-state index contributed by atoms with van der Waals surface area (Å²) in [6, 6.07) is 3.90. The fourth-order valence-electron chi connectivity index (χ4n) is 0.662. The van der Waals surface area contributed by atoms with Crippen molar-refractivity contribution in [3.05, 3.63) is 30.1 Å². The topological polar surface area (TPSA) is 24.9 Å². The predicted molar refractivity (Wildman–Crippen MR) is 46.8 cm³/mol. The van der Waals surface area contributed by atoms with Crippen LogP contribution in [0.5, 0.6) is 0 Å². The maximum atomic E-state index is 4.59. The van der Waals surface area contributed by atoms with E-state index in [2.05, 4.69) is 22.5 Å². The molecule has 3 heteroatoms. The Morgan fingerprint density at radius 3 is 3.30 bits per heavy atom. The third kappa shape index (κ3) is 2.11. The summed E-state index contributed by atoms with van der Waals surface area (Å²) in [7, 11) is 0. The first-order valence-corrected chi connectivity index (χ1v) is 3.46. The molecule has 0 aliphatic rings. The van der Waals surface area contributed by atoms with Gasteiger partial charge in [0.15, 0.2) is 0 Å². The van der Waals surface area contributed by atoms with E-state index in [0.717, 1.165) is 12.1 Å². The van der Waals surface area contributed by atoms with Crippen LogP contribution < -0.4 is 5.32 Å². The molecule has 0 bridgehead atoms. The summed E-state index contributed by atoms with van der Waals surface area (Å²) >= 11 is 4.59. The second-order valence-electron chi connectivity index (χ2n) is 1.86. The van der Waals surface area contributed by atoms with Crippen molar-refractivity contribution in [1.29, 1.82) is 0 Å². The zero-order valence-electron chi connectivity index (χ0n) is 5.45. The predicted octanol–water partition coefficient (Wildman–Crippen LogP) is 1.37. The summed E-state index contributed by atoms with van der Waals surface area (Å²) in [5.74, 6) is 0. The van der Waals surface area contributed by atoms with Gasteiger partial charge in [-0.2, -0.15) is 0 Å². The summed E-state index contributed by atoms with van der Waals surface area (Å²) in [6.07, 6.45) is 3.56. The molecule has 2 nitrogen and oxygen atoms in total. The van der Waals surface area contributed by atoms with Crippen LogP contribution in [0, 0.1) is 0 Å². The molecule has 1 aromatic heterocycles. The zero-order valence-corrected chi connectivity index (χ0v) is 6.27. The van der Waals surface area contributed by atoms with Crippen LogP contribution in [0.4, 0.5) is 0 Å². The quantitative estimate of drug-likeness (QED) is 0.666. The Morgan fingerprint density at radius 1 is 1.80 bits per heavy atom. The van der Waals surface area contributed by atoms with Gasteiger partial charge in [-0.25, -0.2) is 0 Å². The second-order valence-corrected chi connectivity index (χ2v) is 2.10. The van der Waals surface area contributed by atoms with Crippen LogP contribution in [0.3, 0.4) is 0 Å². The van der Waals surface area contributed by atoms with Crippen molar-refractivity contribution in [2.24, 2.45) is 0 Å². The molecule has 0 radical (unpaired) electrons. The summed E-state index contributed by atoms with van der Waals surface area (Å²) in [5, 5.41) is 2.91. The van der Waals surface area contributed by atoms with E-state index >= 15 is 0 Å². The van der Waals surface area contributed by atoms with E-state index in [9.17, 15) is 0 Å². The Bertz CT molecular complexity index is 203. The van der Waals surface area contributed by atoms with Gasteiger partial charge in [-0.1, -0.05) is 18.3 Å². The van der Waals surface area contributed by atoms with E-state index in [1.807, 2.05) is 18.3 Å². The second kappa shape index (κ2) is 3.95. The first-order valence-electron chi connectivity index (χ1n) is 2.99. The molecule has 1 rings (SSSR count). The van der Waals surface area contributed by atoms with Crippen LogP contribution in [0.1, 0.15) is 6.99 Å². The Balaban J connectivity index is 0.000001000. The molecule has 54 valence electrons. The van der Waals surface area contributed by atoms with E-state index in [-0.39, 0.29) is 1.43 Å². The fourth-order valence-corrected chi connectivity index (χ4v) is 0.746. The number of rotatable bonds is 3. The van der Waals surface area contributed by atoms with Crippen LogP contribution in [0.25, 0.3) is 0 Å². The fraction of sp³-hybridized carbons (Fsp3) is 0.143. The maximum Gasteiger partial charge on any atom is 0.0617 e. The number of hydrogen-bond donors (Lipinski definition) is 1. The molecule has 0 fully saturated rings. The van der Waals surface area contributed by atoms with Crippen molar-refractivity contribution < 1.29 is 1.43 Å². The number of hydrogen-bond acceptors (Lipinski definition) is 2. The van der Waals surface area contributed by atoms with Crippen LogP contribution in [-0.4, -0.2) is 10.5 Å². The maximum absolute atomic E-state index is 4.59. The van der Waals surface area contributed by atoms with E-state index in [1.54, 1.807) is 6.20 Å². The molecule has 1 heterocycles. The number of nitrogens with zero attached hydrogens (tertiary/aromatic N) is 1. The highest BCUT2D eigenvalue weighted by Gasteiger charge is 1.85. The molecule has 1 N–H and O–H groups in total. The molecule has 10 heavy (non-hydrogen) atoms. The van der Waals surface area contributed by atoms with Crippen LogP contribution in [-0.2, 0) is 6.54 Å². The molecule has 0 saturated heterocycles. The third-order valence-corrected chi connectivity index (χ3v) is 1.28. The van der Waals surface area contributed by atoms with Crippen molar-refractivity contribution in [2.75, 3.05) is 0 Å². The largest absolute Gasteiger partial charge is 0.378 e. The minimum atomic E-state index is 0. The van der Waals surface area contributed by atoms with Gasteiger partial charge in [0.2, 0.25) is 0 Å². The van der Waals surface area contributed by atoms with Gasteiger partial charge in [-0.15, -0.1) is 0 Å². The third-order valence-electron chi connectivity index (χ3n) is 1.11. The van der Waals surface area contributed by atoms with Gasteiger partial charge in [0.1, 0.15) is 0 Å². The molecule has 0 saturated carbocycles. The van der Waals surface area contributed by atoms with E-state index in [0.29, 0.717) is 0 Å². The molecular formula is C7H10N2S. The van der Waals surface area contributed by atoms with Crippen molar-refractivity contribution in [3.8, 4) is 0 Å². The minimum Gasteiger partial charge on any atom is -0.378 e. The highest BCUT2D eigenvalue weighted by Crippen LogP contribution is 1.92. The summed E-state index contributed by atoms with van der Waals surface area (Å²) in [5.41, 5.74) is 2.65. The molecule has 0 spiro atoms. The Morgan fingerprint density at radius 2 is 2.70 bits per heavy atom. The first-order chi connectivity index (χ1) is 4.93. The van der Waals surface area contributed by atoms with Gasteiger partial charge in [-0.3, -0.25) is 4.98 Å². The molecule has 0 aliphatic heterocycles. The van der Waals surface area contributed by atoms with Gasteiger partial charge < -0.3 is 5.32 Å². The number of aromatic nitrogens is 1. The molecule has 0 amide bonds. The molecule has 0 atom stereocenters. The number of thiocarbonyl (C=S) groups is 1. The lowest BCUT2D eigenvalue weighted by Gasteiger charge is -1.96. The van der Waals surface area contributed by atoms with Gasteiger partial charge in [0.25, 0.3) is 0 Å². The van der Waals surface area contributed by atoms with Crippen LogP contribution in [0.2, 0.25) is 0 Å². The lowest BCUT2D eigenvalue weighted by Crippen LogP contribution is -2.08. The van der Waals surface area contributed by atoms with Crippen molar-refractivity contribution in [2.45, 2.75) is 6.54 Å². The van der Waals surface area contributed by atoms with Gasteiger partial charge in [0, 0.05) is 20.4 Å². The normalized spacial score (nSPS) is 8.80. The van der Waals surface area contributed by atoms with Crippen molar-refractivity contribution in [1.82, 2.24) is 10.3 Å². The Labute approximate surface area is 66.8 Å². The van der Waals surface area contributed by atoms with Crippen molar-refractivity contribution in [3.63, 3.8) is 0 Å². The summed E-state index contributed by atoms with van der Waals surface area (Å²) in [4.78, 5) is 3.95. The van der Waals surface area contributed by atoms with Gasteiger partial charge in [-0.05, 0) is 11.6 Å². The standard InChI is InChI=1S/C7H8N2S.H2/c10-6-9-5-7-2-1-3-8-4-7;/h1-4,6H,5H2,(H,9,10);1H. The number of nitrogens with one attached hydrogen (secondary N) is 1. The van der Waals surface area contributed by atoms with Gasteiger partial charge in [0.05, 0.1) is 5.49 Å². The summed E-state index contributed by atoms with van der Waals surface area (Å²) < 4.78 is 0. The zero-order chi connectivity index (χ0) is 7.23. The Kier molecular flexibility index (Phi) is 2.83. The number of pyridine rings is 1. The first kappa shape index (κ1) is 7.15. The molecule has 1 aromatic rings. The molecular weight excluding hydrogens is 144 g/mol. The van der Waals surface area contributed by atoms with E-state index in [1.165, 1.54) is 5.49 Å². The summed E-state index contributed by atoms with van der Waals surface area (Å²) in [6.45, 7) is 0.761. The van der Waals surface area contributed by atoms with Crippen LogP contribution in [0.15, 0.2) is 24.5 Å². The molecule has 0 aliphatic carbocycles. The van der Waals surface area contributed by atoms with E-state index < -0.39 is 0 Å². The lowest BCUT2D eigenvalue weighted by atomic mass is 10.3. The van der Waals surface area contributed by atoms with Crippen LogP contribution >= 0.6 is 12.2 Å². The average Bonchev–Trinajstić information content (AvgIpc) is 2.03. The minimum absolute atomic E-state index is 0. The Hall–Kier alpha value is -0.960. The highest BCUT2D eigenvalue weighted by atomic mass is 32.1. The van der Waals surface area contributed by atoms with Crippen molar-refractivity contribution >= 4 is 17.7 Å². The molecule has 0 unspecified atom stereocenters. The van der Waals surface area contributed by atoms with Gasteiger partial charge >= 0.3 is 0 Å². The lowest BCUT2D eigenvalue weighted by molar-refractivity contribution is 0.934. The average molecular weight is 154 g/mol. The monoisotopic (exact) mass is 154 g/mol. The highest BCUT2D eigenvalue weighted by molar-refractivity contribution is 7.78.